The first-order valence-electron chi connectivity index (χ1n) is 5.82. The maximum atomic E-state index is 11.7. The van der Waals surface area contributed by atoms with Crippen LogP contribution >= 0.6 is 0 Å². The van der Waals surface area contributed by atoms with Gasteiger partial charge in [0.2, 0.25) is 5.91 Å². The van der Waals surface area contributed by atoms with Crippen LogP contribution in [0, 0.1) is 5.92 Å². The molecule has 0 spiro atoms. The summed E-state index contributed by atoms with van der Waals surface area (Å²) in [5, 5.41) is 12.3. The van der Waals surface area contributed by atoms with Crippen LogP contribution in [-0.4, -0.2) is 29.7 Å². The number of aliphatic hydroxyl groups excluding tert-OH is 1. The molecular weight excluding hydrogens is 192 g/mol. The summed E-state index contributed by atoms with van der Waals surface area (Å²) in [4.78, 5) is 11.7. The summed E-state index contributed by atoms with van der Waals surface area (Å²) in [5.74, 6) is 0.101. The Balaban J connectivity index is 2.25. The van der Waals surface area contributed by atoms with Gasteiger partial charge in [-0.1, -0.05) is 6.92 Å². The second-order valence-corrected chi connectivity index (χ2v) is 4.49. The summed E-state index contributed by atoms with van der Waals surface area (Å²) in [6.07, 6.45) is 3.96. The first-order valence-corrected chi connectivity index (χ1v) is 5.82. The van der Waals surface area contributed by atoms with Crippen LogP contribution in [0.25, 0.3) is 0 Å². The predicted octanol–water partition coefficient (Wildman–Crippen LogP) is 0.391. The highest BCUT2D eigenvalue weighted by atomic mass is 16.3. The van der Waals surface area contributed by atoms with Crippen LogP contribution in [0.1, 0.15) is 39.0 Å². The Hall–Kier alpha value is -0.610. The Morgan fingerprint density at radius 3 is 2.60 bits per heavy atom. The molecule has 0 aromatic heterocycles. The molecule has 4 heteroatoms. The van der Waals surface area contributed by atoms with E-state index in [9.17, 15) is 9.90 Å². The van der Waals surface area contributed by atoms with Crippen molar-refractivity contribution >= 4 is 5.91 Å². The fourth-order valence-corrected chi connectivity index (χ4v) is 1.94. The number of carbonyl (C=O) groups excluding carboxylic acids is 1. The largest absolute Gasteiger partial charge is 0.393 e. The number of carbonyl (C=O) groups is 1. The molecule has 1 unspecified atom stereocenters. The Kier molecular flexibility index (Phi) is 5.05. The topological polar surface area (TPSA) is 75.4 Å². The van der Waals surface area contributed by atoms with E-state index in [0.717, 1.165) is 32.1 Å². The smallest absolute Gasteiger partial charge is 0.223 e. The zero-order valence-corrected chi connectivity index (χ0v) is 9.41. The van der Waals surface area contributed by atoms with E-state index in [1.807, 2.05) is 6.92 Å². The van der Waals surface area contributed by atoms with Crippen molar-refractivity contribution in [3.8, 4) is 0 Å². The lowest BCUT2D eigenvalue weighted by Gasteiger charge is -2.27. The molecular formula is C11H22N2O2. The van der Waals surface area contributed by atoms with Crippen molar-refractivity contribution in [3.05, 3.63) is 0 Å². The summed E-state index contributed by atoms with van der Waals surface area (Å²) in [6, 6.07) is 0.251. The van der Waals surface area contributed by atoms with Gasteiger partial charge in [0.1, 0.15) is 0 Å². The van der Waals surface area contributed by atoms with E-state index < -0.39 is 0 Å². The van der Waals surface area contributed by atoms with Gasteiger partial charge in [-0.05, 0) is 38.6 Å². The number of aliphatic hydroxyl groups is 1. The summed E-state index contributed by atoms with van der Waals surface area (Å²) >= 11 is 0. The molecule has 0 heterocycles. The van der Waals surface area contributed by atoms with Crippen molar-refractivity contribution in [3.63, 3.8) is 0 Å². The zero-order chi connectivity index (χ0) is 11.3. The molecule has 1 saturated carbocycles. The minimum atomic E-state index is -0.167. The second-order valence-electron chi connectivity index (χ2n) is 4.49. The number of nitrogens with one attached hydrogen (secondary N) is 1. The zero-order valence-electron chi connectivity index (χ0n) is 9.41. The van der Waals surface area contributed by atoms with Crippen molar-refractivity contribution in [2.75, 3.05) is 6.54 Å². The monoisotopic (exact) mass is 214 g/mol. The summed E-state index contributed by atoms with van der Waals surface area (Å²) in [7, 11) is 0. The average molecular weight is 214 g/mol. The van der Waals surface area contributed by atoms with Crippen LogP contribution in [0.15, 0.2) is 0 Å². The molecule has 0 aromatic carbocycles. The summed E-state index contributed by atoms with van der Waals surface area (Å²) < 4.78 is 0. The van der Waals surface area contributed by atoms with E-state index in [4.69, 9.17) is 5.73 Å². The maximum absolute atomic E-state index is 11.7. The van der Waals surface area contributed by atoms with Crippen LogP contribution in [0.4, 0.5) is 0 Å². The van der Waals surface area contributed by atoms with Crippen molar-refractivity contribution < 1.29 is 9.90 Å². The minimum absolute atomic E-state index is 0.00171. The third kappa shape index (κ3) is 4.18. The number of rotatable bonds is 4. The third-order valence-corrected chi connectivity index (χ3v) is 3.09. The van der Waals surface area contributed by atoms with E-state index in [1.165, 1.54) is 0 Å². The molecule has 1 fully saturated rings. The van der Waals surface area contributed by atoms with Gasteiger partial charge in [0.25, 0.3) is 0 Å². The summed E-state index contributed by atoms with van der Waals surface area (Å²) in [5.41, 5.74) is 5.41. The molecule has 0 aliphatic heterocycles. The Morgan fingerprint density at radius 2 is 2.07 bits per heavy atom. The van der Waals surface area contributed by atoms with Gasteiger partial charge in [-0.15, -0.1) is 0 Å². The first kappa shape index (κ1) is 12.5. The van der Waals surface area contributed by atoms with Gasteiger partial charge in [0.05, 0.1) is 6.10 Å². The van der Waals surface area contributed by atoms with Crippen LogP contribution in [0.5, 0.6) is 0 Å². The molecule has 0 bridgehead atoms. The Morgan fingerprint density at radius 1 is 1.47 bits per heavy atom. The van der Waals surface area contributed by atoms with E-state index in [0.29, 0.717) is 6.54 Å². The molecule has 1 aliphatic rings. The van der Waals surface area contributed by atoms with Gasteiger partial charge in [-0.25, -0.2) is 0 Å². The molecule has 88 valence electrons. The van der Waals surface area contributed by atoms with Gasteiger partial charge in [-0.2, -0.15) is 0 Å². The van der Waals surface area contributed by atoms with Crippen molar-refractivity contribution in [1.29, 1.82) is 0 Å². The van der Waals surface area contributed by atoms with Crippen molar-refractivity contribution in [2.24, 2.45) is 11.7 Å². The average Bonchev–Trinajstić information content (AvgIpc) is 2.22. The molecule has 1 atom stereocenters. The van der Waals surface area contributed by atoms with Crippen molar-refractivity contribution in [1.82, 2.24) is 5.32 Å². The van der Waals surface area contributed by atoms with E-state index in [-0.39, 0.29) is 24.0 Å². The fourth-order valence-electron chi connectivity index (χ4n) is 1.94. The standard InChI is InChI=1S/C11H22N2O2/c1-8(6-7-12)11(15)13-9-2-4-10(14)5-3-9/h8-10,14H,2-7,12H2,1H3,(H,13,15). The quantitative estimate of drug-likeness (QED) is 0.633. The fraction of sp³-hybridized carbons (Fsp3) is 0.909. The molecule has 1 rings (SSSR count). The predicted molar refractivity (Wildman–Crippen MR) is 59.2 cm³/mol. The van der Waals surface area contributed by atoms with Gasteiger partial charge < -0.3 is 16.2 Å². The molecule has 1 aliphatic carbocycles. The molecule has 15 heavy (non-hydrogen) atoms. The summed E-state index contributed by atoms with van der Waals surface area (Å²) in [6.45, 7) is 2.46. The van der Waals surface area contributed by atoms with Gasteiger partial charge >= 0.3 is 0 Å². The lowest BCUT2D eigenvalue weighted by molar-refractivity contribution is -0.125. The van der Waals surface area contributed by atoms with Crippen LogP contribution in [0.3, 0.4) is 0 Å². The lowest BCUT2D eigenvalue weighted by Crippen LogP contribution is -2.41. The highest BCUT2D eigenvalue weighted by Gasteiger charge is 2.22. The van der Waals surface area contributed by atoms with E-state index in [2.05, 4.69) is 5.32 Å². The number of amides is 1. The van der Waals surface area contributed by atoms with Gasteiger partial charge in [0.15, 0.2) is 0 Å². The normalized spacial score (nSPS) is 28.5. The maximum Gasteiger partial charge on any atom is 0.223 e. The first-order chi connectivity index (χ1) is 7.13. The molecule has 4 nitrogen and oxygen atoms in total. The molecule has 4 N–H and O–H groups in total. The van der Waals surface area contributed by atoms with Crippen molar-refractivity contribution in [2.45, 2.75) is 51.2 Å². The third-order valence-electron chi connectivity index (χ3n) is 3.09. The second kappa shape index (κ2) is 6.08. The molecule has 0 radical (unpaired) electrons. The number of hydrogen-bond donors (Lipinski definition) is 3. The van der Waals surface area contributed by atoms with E-state index >= 15 is 0 Å². The SMILES string of the molecule is CC(CCN)C(=O)NC1CCC(O)CC1. The molecule has 0 aromatic rings. The van der Waals surface area contributed by atoms with E-state index in [1.54, 1.807) is 0 Å². The number of hydrogen-bond acceptors (Lipinski definition) is 3. The molecule has 1 amide bonds. The van der Waals surface area contributed by atoms with Crippen LogP contribution in [-0.2, 0) is 4.79 Å². The lowest BCUT2D eigenvalue weighted by atomic mass is 9.92. The number of nitrogens with two attached hydrogens (primary N) is 1. The highest BCUT2D eigenvalue weighted by molar-refractivity contribution is 5.78. The van der Waals surface area contributed by atoms with Crippen LogP contribution in [0.2, 0.25) is 0 Å². The molecule has 0 saturated heterocycles. The van der Waals surface area contributed by atoms with Crippen LogP contribution < -0.4 is 11.1 Å². The minimum Gasteiger partial charge on any atom is -0.393 e. The van der Waals surface area contributed by atoms with Gasteiger partial charge in [0, 0.05) is 12.0 Å². The van der Waals surface area contributed by atoms with Gasteiger partial charge in [-0.3, -0.25) is 4.79 Å². The Bertz CT molecular complexity index is 201. The Labute approximate surface area is 91.2 Å². The highest BCUT2D eigenvalue weighted by Crippen LogP contribution is 2.18.